The van der Waals surface area contributed by atoms with Gasteiger partial charge in [-0.25, -0.2) is 4.98 Å². The Morgan fingerprint density at radius 3 is 3.00 bits per heavy atom. The molecular formula is C19H20N2O2S. The maximum absolute atomic E-state index is 5.59. The number of ether oxygens (including phenoxy) is 2. The third-order valence-corrected chi connectivity index (χ3v) is 5.35. The second kappa shape index (κ2) is 6.79. The molecule has 124 valence electrons. The van der Waals surface area contributed by atoms with Crippen LogP contribution in [-0.4, -0.2) is 18.3 Å². The van der Waals surface area contributed by atoms with Crippen molar-refractivity contribution in [3.8, 4) is 11.5 Å². The molecule has 0 saturated heterocycles. The molecule has 1 unspecified atom stereocenters. The van der Waals surface area contributed by atoms with E-state index in [4.69, 9.17) is 9.47 Å². The first-order valence-corrected chi connectivity index (χ1v) is 9.09. The first-order chi connectivity index (χ1) is 11.8. The summed E-state index contributed by atoms with van der Waals surface area (Å²) < 4.78 is 12.3. The first kappa shape index (κ1) is 15.4. The van der Waals surface area contributed by atoms with E-state index < -0.39 is 0 Å². The summed E-state index contributed by atoms with van der Waals surface area (Å²) in [5.74, 6) is 1.72. The molecular weight excluding hydrogens is 320 g/mol. The molecule has 1 aromatic heterocycles. The maximum Gasteiger partial charge on any atom is 0.231 e. The number of thiazole rings is 1. The Balaban J connectivity index is 1.32. The van der Waals surface area contributed by atoms with E-state index >= 15 is 0 Å². The highest BCUT2D eigenvalue weighted by atomic mass is 32.1. The highest BCUT2D eigenvalue weighted by Gasteiger charge is 2.20. The van der Waals surface area contributed by atoms with Crippen LogP contribution in [0.3, 0.4) is 0 Å². The van der Waals surface area contributed by atoms with Crippen LogP contribution in [0.4, 0.5) is 0 Å². The fourth-order valence-electron chi connectivity index (χ4n) is 2.99. The topological polar surface area (TPSA) is 43.4 Å². The molecule has 4 rings (SSSR count). The Hall–Kier alpha value is -2.11. The number of para-hydroxylation sites is 2. The molecule has 2 aromatic carbocycles. The van der Waals surface area contributed by atoms with Crippen LogP contribution >= 0.6 is 11.3 Å². The lowest BCUT2D eigenvalue weighted by Crippen LogP contribution is -2.20. The zero-order chi connectivity index (χ0) is 16.4. The van der Waals surface area contributed by atoms with Gasteiger partial charge in [-0.05, 0) is 38.1 Å². The summed E-state index contributed by atoms with van der Waals surface area (Å²) in [5.41, 5.74) is 2.26. The summed E-state index contributed by atoms with van der Waals surface area (Å²) in [4.78, 5) is 4.69. The summed E-state index contributed by atoms with van der Waals surface area (Å²) in [6.07, 6.45) is 2.07. The van der Waals surface area contributed by atoms with Crippen LogP contribution < -0.4 is 14.8 Å². The van der Waals surface area contributed by atoms with Gasteiger partial charge in [0.25, 0.3) is 0 Å². The third-order valence-electron chi connectivity index (χ3n) is 4.25. The third kappa shape index (κ3) is 3.09. The Kier molecular flexibility index (Phi) is 4.36. The monoisotopic (exact) mass is 340 g/mol. The number of hydrogen-bond acceptors (Lipinski definition) is 5. The van der Waals surface area contributed by atoms with Crippen LogP contribution in [0.15, 0.2) is 42.5 Å². The molecule has 24 heavy (non-hydrogen) atoms. The van der Waals surface area contributed by atoms with Gasteiger partial charge in [-0.3, -0.25) is 0 Å². The van der Waals surface area contributed by atoms with E-state index in [0.29, 0.717) is 6.79 Å². The molecule has 1 aliphatic heterocycles. The Morgan fingerprint density at radius 2 is 2.08 bits per heavy atom. The number of nitrogens with zero attached hydrogens (tertiary/aromatic N) is 1. The second-order valence-electron chi connectivity index (χ2n) is 5.94. The first-order valence-electron chi connectivity index (χ1n) is 8.27. The molecule has 2 heterocycles. The van der Waals surface area contributed by atoms with Gasteiger partial charge in [0.15, 0.2) is 11.5 Å². The van der Waals surface area contributed by atoms with Crippen molar-refractivity contribution < 1.29 is 9.47 Å². The van der Waals surface area contributed by atoms with Gasteiger partial charge in [0.1, 0.15) is 0 Å². The molecule has 0 spiro atoms. The lowest BCUT2D eigenvalue weighted by atomic mass is 10.1. The van der Waals surface area contributed by atoms with Gasteiger partial charge < -0.3 is 14.8 Å². The summed E-state index contributed by atoms with van der Waals surface area (Å²) in [7, 11) is 0. The number of nitrogens with one attached hydrogen (secondary N) is 1. The lowest BCUT2D eigenvalue weighted by Gasteiger charge is -2.15. The number of rotatable bonds is 6. The second-order valence-corrected chi connectivity index (χ2v) is 7.05. The molecule has 3 aromatic rings. The van der Waals surface area contributed by atoms with Crippen LogP contribution in [0.2, 0.25) is 0 Å². The van der Waals surface area contributed by atoms with Crippen LogP contribution in [0.25, 0.3) is 10.2 Å². The fourth-order valence-corrected chi connectivity index (χ4v) is 4.00. The van der Waals surface area contributed by atoms with E-state index in [1.807, 2.05) is 18.2 Å². The Morgan fingerprint density at radius 1 is 1.17 bits per heavy atom. The van der Waals surface area contributed by atoms with Crippen molar-refractivity contribution in [3.05, 3.63) is 53.0 Å². The van der Waals surface area contributed by atoms with Gasteiger partial charge in [0, 0.05) is 18.0 Å². The number of benzene rings is 2. The van der Waals surface area contributed by atoms with Crippen LogP contribution in [0.5, 0.6) is 11.5 Å². The lowest BCUT2D eigenvalue weighted by molar-refractivity contribution is 0.173. The molecule has 1 N–H and O–H groups in total. The number of hydrogen-bond donors (Lipinski definition) is 1. The van der Waals surface area contributed by atoms with Gasteiger partial charge in [0.2, 0.25) is 6.79 Å². The maximum atomic E-state index is 5.59. The molecule has 1 aliphatic rings. The van der Waals surface area contributed by atoms with Crippen LogP contribution in [0, 0.1) is 0 Å². The van der Waals surface area contributed by atoms with E-state index in [9.17, 15) is 0 Å². The van der Waals surface area contributed by atoms with Gasteiger partial charge in [-0.2, -0.15) is 0 Å². The zero-order valence-corrected chi connectivity index (χ0v) is 14.4. The molecule has 0 bridgehead atoms. The fraction of sp³-hybridized carbons (Fsp3) is 0.316. The van der Waals surface area contributed by atoms with Gasteiger partial charge in [0.05, 0.1) is 15.2 Å². The van der Waals surface area contributed by atoms with E-state index in [-0.39, 0.29) is 6.04 Å². The van der Waals surface area contributed by atoms with Crippen LogP contribution in [0.1, 0.15) is 30.0 Å². The standard InChI is InChI=1S/C19H20N2O2S/c1-13(14-6-4-8-16-19(14)23-12-22-16)20-11-5-10-18-21-15-7-2-3-9-17(15)24-18/h2-4,6-9,13,20H,5,10-12H2,1H3. The molecule has 0 saturated carbocycles. The quantitative estimate of drug-likeness (QED) is 0.679. The Labute approximate surface area is 145 Å². The van der Waals surface area contributed by atoms with Crippen molar-refractivity contribution >= 4 is 21.6 Å². The summed E-state index contributed by atoms with van der Waals surface area (Å²) in [6, 6.07) is 14.6. The molecule has 0 aliphatic carbocycles. The molecule has 4 nitrogen and oxygen atoms in total. The summed E-state index contributed by atoms with van der Waals surface area (Å²) >= 11 is 1.79. The van der Waals surface area contributed by atoms with E-state index in [1.54, 1.807) is 11.3 Å². The van der Waals surface area contributed by atoms with Gasteiger partial charge in [-0.1, -0.05) is 24.3 Å². The smallest absolute Gasteiger partial charge is 0.231 e. The van der Waals surface area contributed by atoms with Crippen molar-refractivity contribution in [2.75, 3.05) is 13.3 Å². The molecule has 1 atom stereocenters. The zero-order valence-electron chi connectivity index (χ0n) is 13.6. The van der Waals surface area contributed by atoms with E-state index in [1.165, 1.54) is 9.71 Å². The van der Waals surface area contributed by atoms with Crippen molar-refractivity contribution in [2.24, 2.45) is 0 Å². The van der Waals surface area contributed by atoms with Crippen molar-refractivity contribution in [1.29, 1.82) is 0 Å². The highest BCUT2D eigenvalue weighted by Crippen LogP contribution is 2.38. The number of fused-ring (bicyclic) bond motifs is 2. The number of aromatic nitrogens is 1. The van der Waals surface area contributed by atoms with Crippen molar-refractivity contribution in [1.82, 2.24) is 10.3 Å². The Bertz CT molecular complexity index is 813. The van der Waals surface area contributed by atoms with Crippen molar-refractivity contribution in [3.63, 3.8) is 0 Å². The minimum absolute atomic E-state index is 0.233. The number of aryl methyl sites for hydroxylation is 1. The average molecular weight is 340 g/mol. The van der Waals surface area contributed by atoms with E-state index in [2.05, 4.69) is 41.5 Å². The minimum atomic E-state index is 0.233. The van der Waals surface area contributed by atoms with Crippen LogP contribution in [-0.2, 0) is 6.42 Å². The van der Waals surface area contributed by atoms with Gasteiger partial charge >= 0.3 is 0 Å². The predicted octanol–water partition coefficient (Wildman–Crippen LogP) is 4.31. The molecule has 0 fully saturated rings. The summed E-state index contributed by atoms with van der Waals surface area (Å²) in [5, 5.41) is 4.79. The van der Waals surface area contributed by atoms with E-state index in [0.717, 1.165) is 42.0 Å². The average Bonchev–Trinajstić information content (AvgIpc) is 3.24. The van der Waals surface area contributed by atoms with Crippen molar-refractivity contribution in [2.45, 2.75) is 25.8 Å². The minimum Gasteiger partial charge on any atom is -0.454 e. The van der Waals surface area contributed by atoms with Gasteiger partial charge in [-0.15, -0.1) is 11.3 Å². The predicted molar refractivity (Wildman–Crippen MR) is 96.9 cm³/mol. The SMILES string of the molecule is CC(NCCCc1nc2ccccc2s1)c1cccc2c1OCO2. The molecule has 5 heteroatoms. The highest BCUT2D eigenvalue weighted by molar-refractivity contribution is 7.18. The largest absolute Gasteiger partial charge is 0.454 e. The normalized spacial score (nSPS) is 14.2. The molecule has 0 radical (unpaired) electrons. The summed E-state index contributed by atoms with van der Waals surface area (Å²) in [6.45, 7) is 3.42. The molecule has 0 amide bonds.